The largest absolute Gasteiger partial charge is 0.322 e. The summed E-state index contributed by atoms with van der Waals surface area (Å²) in [4.78, 5) is 12.8. The van der Waals surface area contributed by atoms with E-state index in [-0.39, 0.29) is 21.9 Å². The Labute approximate surface area is 184 Å². The molecule has 0 aliphatic heterocycles. The zero-order valence-electron chi connectivity index (χ0n) is 17.5. The van der Waals surface area contributed by atoms with Crippen molar-refractivity contribution < 1.29 is 21.6 Å². The molecule has 1 amide bonds. The molecule has 2 aromatic carbocycles. The van der Waals surface area contributed by atoms with Gasteiger partial charge in [0.2, 0.25) is 10.0 Å². The van der Waals surface area contributed by atoms with Gasteiger partial charge >= 0.3 is 0 Å². The summed E-state index contributed by atoms with van der Waals surface area (Å²) < 4.78 is 50.4. The highest BCUT2D eigenvalue weighted by Crippen LogP contribution is 2.34. The molecule has 31 heavy (non-hydrogen) atoms. The lowest BCUT2D eigenvalue weighted by atomic mass is 10.1. The smallest absolute Gasteiger partial charge is 0.257 e. The summed E-state index contributed by atoms with van der Waals surface area (Å²) in [7, 11) is -6.90. The highest BCUT2D eigenvalue weighted by atomic mass is 32.2. The number of rotatable bonds is 11. The van der Waals surface area contributed by atoms with Crippen LogP contribution in [-0.4, -0.2) is 34.8 Å². The van der Waals surface area contributed by atoms with Crippen molar-refractivity contribution in [2.24, 2.45) is 5.92 Å². The number of carbonyl (C=O) groups excluding carboxylic acids is 1. The number of hydrogen-bond acceptors (Lipinski definition) is 5. The second kappa shape index (κ2) is 9.82. The SMILES string of the molecule is CS(=O)(=O)Nc1ccccc1C(=O)Nc1ccc(S(=O)(=O)CCCCCC2CC2)cc1. The Morgan fingerprint density at radius 2 is 1.61 bits per heavy atom. The molecule has 0 aromatic heterocycles. The predicted molar refractivity (Wildman–Crippen MR) is 123 cm³/mol. The van der Waals surface area contributed by atoms with Gasteiger partial charge in [0.25, 0.3) is 5.91 Å². The van der Waals surface area contributed by atoms with E-state index >= 15 is 0 Å². The van der Waals surface area contributed by atoms with Crippen molar-refractivity contribution in [2.45, 2.75) is 43.4 Å². The molecule has 0 unspecified atom stereocenters. The first-order valence-corrected chi connectivity index (χ1v) is 13.9. The molecule has 2 N–H and O–H groups in total. The summed E-state index contributed by atoms with van der Waals surface area (Å²) in [5.74, 6) is 0.486. The van der Waals surface area contributed by atoms with Crippen LogP contribution < -0.4 is 10.0 Å². The molecule has 0 atom stereocenters. The summed E-state index contributed by atoms with van der Waals surface area (Å²) in [6.45, 7) is 0. The van der Waals surface area contributed by atoms with Crippen LogP contribution in [0.5, 0.6) is 0 Å². The van der Waals surface area contributed by atoms with Crippen LogP contribution in [0.2, 0.25) is 0 Å². The summed E-state index contributed by atoms with van der Waals surface area (Å²) in [6.07, 6.45) is 7.51. The van der Waals surface area contributed by atoms with E-state index in [0.29, 0.717) is 12.1 Å². The number of benzene rings is 2. The maximum Gasteiger partial charge on any atom is 0.257 e. The molecule has 3 rings (SSSR count). The van der Waals surface area contributed by atoms with Crippen LogP contribution in [-0.2, 0) is 19.9 Å². The van der Waals surface area contributed by atoms with Crippen LogP contribution in [0.4, 0.5) is 11.4 Å². The number of nitrogens with one attached hydrogen (secondary N) is 2. The Bertz CT molecular complexity index is 1120. The second-order valence-electron chi connectivity index (χ2n) is 8.01. The van der Waals surface area contributed by atoms with E-state index in [1.54, 1.807) is 12.1 Å². The van der Waals surface area contributed by atoms with Crippen molar-refractivity contribution in [2.75, 3.05) is 22.0 Å². The second-order valence-corrected chi connectivity index (χ2v) is 11.9. The topological polar surface area (TPSA) is 109 Å². The van der Waals surface area contributed by atoms with Gasteiger partial charge in [-0.25, -0.2) is 16.8 Å². The monoisotopic (exact) mass is 464 g/mol. The predicted octanol–water partition coefficient (Wildman–Crippen LogP) is 4.05. The minimum Gasteiger partial charge on any atom is -0.322 e. The van der Waals surface area contributed by atoms with Gasteiger partial charge in [0.1, 0.15) is 0 Å². The van der Waals surface area contributed by atoms with Gasteiger partial charge in [-0.05, 0) is 48.7 Å². The van der Waals surface area contributed by atoms with Crippen LogP contribution in [0.25, 0.3) is 0 Å². The van der Waals surface area contributed by atoms with Gasteiger partial charge in [0.15, 0.2) is 9.84 Å². The van der Waals surface area contributed by atoms with Gasteiger partial charge in [-0.3, -0.25) is 9.52 Å². The molecular formula is C22H28N2O5S2. The summed E-state index contributed by atoms with van der Waals surface area (Å²) in [5, 5.41) is 2.67. The molecule has 9 heteroatoms. The number of para-hydroxylation sites is 1. The van der Waals surface area contributed by atoms with Gasteiger partial charge in [0, 0.05) is 5.69 Å². The molecule has 1 aliphatic rings. The third-order valence-corrected chi connectivity index (χ3v) is 7.57. The molecule has 1 saturated carbocycles. The standard InChI is InChI=1S/C22H28N2O5S2/c1-30(26,27)24-21-9-5-4-8-20(21)22(25)23-18-12-14-19(15-13-18)31(28,29)16-6-2-3-7-17-10-11-17/h4-5,8-9,12-15,17,24H,2-3,6-7,10-11,16H2,1H3,(H,23,25). The van der Waals surface area contributed by atoms with E-state index in [1.807, 2.05) is 0 Å². The normalized spacial score (nSPS) is 14.2. The first-order chi connectivity index (χ1) is 14.6. The average molecular weight is 465 g/mol. The van der Waals surface area contributed by atoms with Gasteiger partial charge in [0.05, 0.1) is 28.2 Å². The van der Waals surface area contributed by atoms with E-state index in [2.05, 4.69) is 10.0 Å². The Morgan fingerprint density at radius 1 is 0.935 bits per heavy atom. The van der Waals surface area contributed by atoms with Gasteiger partial charge in [-0.1, -0.05) is 44.2 Å². The minimum atomic E-state index is -3.54. The van der Waals surface area contributed by atoms with Crippen LogP contribution in [0, 0.1) is 5.92 Å². The van der Waals surface area contributed by atoms with Crippen molar-refractivity contribution >= 4 is 37.1 Å². The lowest BCUT2D eigenvalue weighted by Crippen LogP contribution is -2.17. The molecule has 0 saturated heterocycles. The molecule has 1 aliphatic carbocycles. The van der Waals surface area contributed by atoms with E-state index in [1.165, 1.54) is 55.7 Å². The Hall–Kier alpha value is -2.39. The Balaban J connectivity index is 1.59. The number of amides is 1. The van der Waals surface area contributed by atoms with Crippen molar-refractivity contribution in [1.82, 2.24) is 0 Å². The van der Waals surface area contributed by atoms with E-state index < -0.39 is 25.8 Å². The molecule has 0 heterocycles. The van der Waals surface area contributed by atoms with E-state index in [0.717, 1.165) is 25.0 Å². The van der Waals surface area contributed by atoms with Gasteiger partial charge in [-0.2, -0.15) is 0 Å². The first-order valence-electron chi connectivity index (χ1n) is 10.3. The van der Waals surface area contributed by atoms with Gasteiger partial charge in [-0.15, -0.1) is 0 Å². The van der Waals surface area contributed by atoms with Crippen LogP contribution >= 0.6 is 0 Å². The van der Waals surface area contributed by atoms with E-state index in [4.69, 9.17) is 0 Å². The van der Waals surface area contributed by atoms with Crippen molar-refractivity contribution in [1.29, 1.82) is 0 Å². The number of carbonyl (C=O) groups is 1. The maximum absolute atomic E-state index is 12.6. The molecule has 0 spiro atoms. The fourth-order valence-corrected chi connectivity index (χ4v) is 5.29. The quantitative estimate of drug-likeness (QED) is 0.488. The molecule has 0 radical (unpaired) electrons. The van der Waals surface area contributed by atoms with Crippen molar-refractivity contribution in [3.05, 3.63) is 54.1 Å². The Morgan fingerprint density at radius 3 is 2.26 bits per heavy atom. The number of sulfonamides is 1. The highest BCUT2D eigenvalue weighted by Gasteiger charge is 2.20. The van der Waals surface area contributed by atoms with Crippen LogP contribution in [0.3, 0.4) is 0 Å². The lowest BCUT2D eigenvalue weighted by molar-refractivity contribution is 0.102. The zero-order chi connectivity index (χ0) is 22.5. The fourth-order valence-electron chi connectivity index (χ4n) is 3.34. The summed E-state index contributed by atoms with van der Waals surface area (Å²) in [6, 6.07) is 12.3. The van der Waals surface area contributed by atoms with E-state index in [9.17, 15) is 21.6 Å². The average Bonchev–Trinajstić information content (AvgIpc) is 3.51. The molecular weight excluding hydrogens is 436 g/mol. The van der Waals surface area contributed by atoms with Crippen molar-refractivity contribution in [3.8, 4) is 0 Å². The molecule has 2 aromatic rings. The molecule has 168 valence electrons. The lowest BCUT2D eigenvalue weighted by Gasteiger charge is -2.11. The van der Waals surface area contributed by atoms with Crippen LogP contribution in [0.1, 0.15) is 48.9 Å². The highest BCUT2D eigenvalue weighted by molar-refractivity contribution is 7.92. The number of unbranched alkanes of at least 4 members (excludes halogenated alkanes) is 2. The molecule has 7 nitrogen and oxygen atoms in total. The summed E-state index contributed by atoms with van der Waals surface area (Å²) in [5.41, 5.74) is 0.752. The maximum atomic E-state index is 12.6. The minimum absolute atomic E-state index is 0.119. The number of hydrogen-bond donors (Lipinski definition) is 2. The third kappa shape index (κ3) is 7.36. The summed E-state index contributed by atoms with van der Waals surface area (Å²) >= 11 is 0. The number of anilines is 2. The zero-order valence-corrected chi connectivity index (χ0v) is 19.1. The van der Waals surface area contributed by atoms with Crippen LogP contribution in [0.15, 0.2) is 53.4 Å². The fraction of sp³-hybridized carbons (Fsp3) is 0.409. The van der Waals surface area contributed by atoms with Crippen molar-refractivity contribution in [3.63, 3.8) is 0 Å². The van der Waals surface area contributed by atoms with Gasteiger partial charge < -0.3 is 5.32 Å². The molecule has 0 bridgehead atoms. The Kier molecular flexibility index (Phi) is 7.38. The first kappa shape index (κ1) is 23.3. The molecule has 1 fully saturated rings. The number of sulfone groups is 1. The third-order valence-electron chi connectivity index (χ3n) is 5.16.